The first-order chi connectivity index (χ1) is 10.7. The third-order valence-corrected chi connectivity index (χ3v) is 4.94. The summed E-state index contributed by atoms with van der Waals surface area (Å²) >= 11 is 1.58. The average molecular weight is 317 g/mol. The van der Waals surface area contributed by atoms with E-state index in [1.54, 1.807) is 17.5 Å². The molecule has 0 spiro atoms. The smallest absolute Gasteiger partial charge is 0.232 e. The number of hydrogen-bond acceptors (Lipinski definition) is 5. The average Bonchev–Trinajstić information content (AvgIpc) is 3.10. The molecule has 0 atom stereocenters. The summed E-state index contributed by atoms with van der Waals surface area (Å²) in [4.78, 5) is 17.0. The predicted octanol–water partition coefficient (Wildman–Crippen LogP) is 2.50. The molecule has 1 aliphatic rings. The van der Waals surface area contributed by atoms with Crippen molar-refractivity contribution in [2.75, 3.05) is 25.1 Å². The van der Waals surface area contributed by atoms with Gasteiger partial charge in [0.15, 0.2) is 0 Å². The normalized spacial score (nSPS) is 17.1. The van der Waals surface area contributed by atoms with Gasteiger partial charge in [-0.15, -0.1) is 11.3 Å². The number of aromatic nitrogens is 1. The maximum absolute atomic E-state index is 12.7. The fraction of sp³-hybridized carbons (Fsp3) is 0.375. The zero-order valence-corrected chi connectivity index (χ0v) is 13.1. The van der Waals surface area contributed by atoms with E-state index in [0.717, 1.165) is 16.3 Å². The second-order valence-corrected chi connectivity index (χ2v) is 6.36. The van der Waals surface area contributed by atoms with Gasteiger partial charge < -0.3 is 15.8 Å². The number of anilines is 1. The monoisotopic (exact) mass is 317 g/mol. The zero-order valence-electron chi connectivity index (χ0n) is 12.2. The second-order valence-electron chi connectivity index (χ2n) is 5.47. The van der Waals surface area contributed by atoms with Crippen molar-refractivity contribution in [3.63, 3.8) is 0 Å². The molecule has 3 rings (SSSR count). The van der Waals surface area contributed by atoms with Crippen LogP contribution in [-0.4, -0.2) is 30.6 Å². The lowest BCUT2D eigenvalue weighted by Gasteiger charge is -2.34. The number of nitrogens with two attached hydrogens (primary N) is 1. The van der Waals surface area contributed by atoms with E-state index in [1.807, 2.05) is 29.6 Å². The molecule has 1 fully saturated rings. The molecule has 1 aromatic carbocycles. The van der Waals surface area contributed by atoms with E-state index in [4.69, 9.17) is 10.5 Å². The van der Waals surface area contributed by atoms with Gasteiger partial charge in [-0.3, -0.25) is 4.79 Å². The number of hydrogen-bond donors (Lipinski definition) is 2. The van der Waals surface area contributed by atoms with Crippen LogP contribution in [0.25, 0.3) is 10.6 Å². The van der Waals surface area contributed by atoms with Crippen molar-refractivity contribution in [3.05, 3.63) is 35.8 Å². The Hall–Kier alpha value is -1.76. The number of thiazole rings is 1. The van der Waals surface area contributed by atoms with Crippen LogP contribution in [0.3, 0.4) is 0 Å². The number of benzene rings is 1. The van der Waals surface area contributed by atoms with Crippen molar-refractivity contribution in [1.82, 2.24) is 4.98 Å². The Balaban J connectivity index is 1.78. The summed E-state index contributed by atoms with van der Waals surface area (Å²) in [6.45, 7) is 1.52. The Morgan fingerprint density at radius 1 is 1.41 bits per heavy atom. The first kappa shape index (κ1) is 15.1. The third-order valence-electron chi connectivity index (χ3n) is 4.12. The third kappa shape index (κ3) is 3.04. The van der Waals surface area contributed by atoms with Gasteiger partial charge in [-0.05, 0) is 25.0 Å². The summed E-state index contributed by atoms with van der Waals surface area (Å²) in [5, 5.41) is 5.89. The van der Waals surface area contributed by atoms with Gasteiger partial charge >= 0.3 is 0 Å². The molecule has 1 amide bonds. The molecular formula is C16H19N3O2S. The molecule has 0 bridgehead atoms. The Morgan fingerprint density at radius 3 is 2.91 bits per heavy atom. The number of rotatable bonds is 4. The Bertz CT molecular complexity index is 637. The number of carbonyl (C=O) groups excluding carboxylic acids is 1. The Morgan fingerprint density at radius 2 is 2.23 bits per heavy atom. The van der Waals surface area contributed by atoms with Crippen LogP contribution >= 0.6 is 11.3 Å². The van der Waals surface area contributed by atoms with Crippen LogP contribution < -0.4 is 11.1 Å². The minimum Gasteiger partial charge on any atom is -0.381 e. The van der Waals surface area contributed by atoms with Gasteiger partial charge in [-0.25, -0.2) is 4.98 Å². The minimum absolute atomic E-state index is 0.0189. The van der Waals surface area contributed by atoms with E-state index in [9.17, 15) is 4.79 Å². The molecule has 0 unspecified atom stereocenters. The highest BCUT2D eigenvalue weighted by molar-refractivity contribution is 7.13. The molecule has 6 heteroatoms. The molecule has 2 heterocycles. The molecule has 5 nitrogen and oxygen atoms in total. The SMILES string of the molecule is NCC1(C(=O)Nc2cccc(-c3nccs3)c2)CCOCC1. The van der Waals surface area contributed by atoms with Gasteiger partial charge in [0.2, 0.25) is 5.91 Å². The fourth-order valence-electron chi connectivity index (χ4n) is 2.65. The molecule has 22 heavy (non-hydrogen) atoms. The largest absolute Gasteiger partial charge is 0.381 e. The maximum atomic E-state index is 12.7. The Kier molecular flexibility index (Phi) is 4.52. The molecule has 0 saturated carbocycles. The van der Waals surface area contributed by atoms with Gasteiger partial charge in [0.05, 0.1) is 5.41 Å². The van der Waals surface area contributed by atoms with Crippen molar-refractivity contribution in [2.24, 2.45) is 11.1 Å². The molecule has 1 aromatic heterocycles. The number of amides is 1. The van der Waals surface area contributed by atoms with Crippen molar-refractivity contribution in [1.29, 1.82) is 0 Å². The highest BCUT2D eigenvalue weighted by Gasteiger charge is 2.38. The molecular weight excluding hydrogens is 298 g/mol. The number of ether oxygens (including phenoxy) is 1. The number of nitrogens with zero attached hydrogens (tertiary/aromatic N) is 1. The fourth-order valence-corrected chi connectivity index (χ4v) is 3.28. The summed E-state index contributed by atoms with van der Waals surface area (Å²) in [5.74, 6) is -0.0189. The molecule has 3 N–H and O–H groups in total. The maximum Gasteiger partial charge on any atom is 0.232 e. The van der Waals surface area contributed by atoms with E-state index in [1.165, 1.54) is 0 Å². The first-order valence-corrected chi connectivity index (χ1v) is 8.21. The highest BCUT2D eigenvalue weighted by atomic mass is 32.1. The zero-order chi connectivity index (χ0) is 15.4. The quantitative estimate of drug-likeness (QED) is 0.908. The van der Waals surface area contributed by atoms with Crippen LogP contribution in [0.2, 0.25) is 0 Å². The van der Waals surface area contributed by atoms with Crippen LogP contribution in [-0.2, 0) is 9.53 Å². The van der Waals surface area contributed by atoms with Crippen LogP contribution in [0.15, 0.2) is 35.8 Å². The number of carbonyl (C=O) groups is 1. The van der Waals surface area contributed by atoms with Crippen LogP contribution in [0.4, 0.5) is 5.69 Å². The standard InChI is InChI=1S/C16H19N3O2S/c17-11-16(4-7-21-8-5-16)15(20)19-13-3-1-2-12(10-13)14-18-6-9-22-14/h1-3,6,9-10H,4-5,7-8,11,17H2,(H,19,20). The lowest BCUT2D eigenvalue weighted by atomic mass is 9.79. The van der Waals surface area contributed by atoms with Crippen molar-refractivity contribution < 1.29 is 9.53 Å². The highest BCUT2D eigenvalue weighted by Crippen LogP contribution is 2.31. The van der Waals surface area contributed by atoms with E-state index >= 15 is 0 Å². The van der Waals surface area contributed by atoms with Crippen molar-refractivity contribution >= 4 is 22.9 Å². The molecule has 1 saturated heterocycles. The van der Waals surface area contributed by atoms with Gasteiger partial charge in [-0.2, -0.15) is 0 Å². The van der Waals surface area contributed by atoms with E-state index in [2.05, 4.69) is 10.3 Å². The molecule has 116 valence electrons. The second kappa shape index (κ2) is 6.56. The van der Waals surface area contributed by atoms with E-state index in [0.29, 0.717) is 32.6 Å². The molecule has 1 aliphatic heterocycles. The van der Waals surface area contributed by atoms with Gasteiger partial charge in [0.25, 0.3) is 0 Å². The minimum atomic E-state index is -0.518. The van der Waals surface area contributed by atoms with Crippen LogP contribution in [0, 0.1) is 5.41 Å². The molecule has 2 aromatic rings. The lowest BCUT2D eigenvalue weighted by Crippen LogP contribution is -2.46. The van der Waals surface area contributed by atoms with E-state index in [-0.39, 0.29) is 5.91 Å². The summed E-state index contributed by atoms with van der Waals surface area (Å²) in [5.41, 5.74) is 7.13. The first-order valence-electron chi connectivity index (χ1n) is 7.33. The van der Waals surface area contributed by atoms with Crippen LogP contribution in [0.5, 0.6) is 0 Å². The molecule has 0 aliphatic carbocycles. The Labute approximate surface area is 133 Å². The van der Waals surface area contributed by atoms with Gasteiger partial charge in [0.1, 0.15) is 5.01 Å². The lowest BCUT2D eigenvalue weighted by molar-refractivity contribution is -0.130. The summed E-state index contributed by atoms with van der Waals surface area (Å²) < 4.78 is 5.35. The van der Waals surface area contributed by atoms with Crippen LogP contribution in [0.1, 0.15) is 12.8 Å². The predicted molar refractivity (Wildman–Crippen MR) is 87.7 cm³/mol. The summed E-state index contributed by atoms with van der Waals surface area (Å²) in [6.07, 6.45) is 3.11. The van der Waals surface area contributed by atoms with Gasteiger partial charge in [-0.1, -0.05) is 12.1 Å². The summed E-state index contributed by atoms with van der Waals surface area (Å²) in [6, 6.07) is 7.74. The van der Waals surface area contributed by atoms with E-state index < -0.39 is 5.41 Å². The topological polar surface area (TPSA) is 77.2 Å². The number of nitrogens with one attached hydrogen (secondary N) is 1. The van der Waals surface area contributed by atoms with Crippen molar-refractivity contribution in [3.8, 4) is 10.6 Å². The van der Waals surface area contributed by atoms with Crippen molar-refractivity contribution in [2.45, 2.75) is 12.8 Å². The van der Waals surface area contributed by atoms with Gasteiger partial charge in [0, 0.05) is 42.6 Å². The molecule has 0 radical (unpaired) electrons. The summed E-state index contributed by atoms with van der Waals surface area (Å²) in [7, 11) is 0.